The minimum Gasteiger partial charge on any atom is -0.365 e. The highest BCUT2D eigenvalue weighted by Crippen LogP contribution is 2.71. The van der Waals surface area contributed by atoms with Crippen LogP contribution in [0.5, 0.6) is 0 Å². The smallest absolute Gasteiger partial charge is 0.135 e. The molecule has 0 spiro atoms. The molecule has 0 amide bonds. The molecule has 0 unspecified atom stereocenters. The monoisotopic (exact) mass is 208 g/mol. The summed E-state index contributed by atoms with van der Waals surface area (Å²) in [6.45, 7) is 6.65. The van der Waals surface area contributed by atoms with E-state index in [0.29, 0.717) is 36.1 Å². The normalized spacial score (nSPS) is 49.1. The minimum atomic E-state index is -0.0225. The topological polar surface area (TPSA) is 29.6 Å². The second-order valence-corrected chi connectivity index (χ2v) is 6.17. The first-order chi connectivity index (χ1) is 7.00. The van der Waals surface area contributed by atoms with Crippen molar-refractivity contribution in [2.24, 2.45) is 17.3 Å². The summed E-state index contributed by atoms with van der Waals surface area (Å²) in [5.74, 6) is 1.86. The number of hydrogen-bond donors (Lipinski definition) is 0. The number of ketones is 1. The number of ether oxygens (including phenoxy) is 1. The Balaban J connectivity index is 1.81. The molecule has 1 saturated heterocycles. The van der Waals surface area contributed by atoms with Crippen LogP contribution in [-0.2, 0) is 9.53 Å². The Labute approximate surface area is 91.4 Å². The first kappa shape index (κ1) is 9.83. The van der Waals surface area contributed by atoms with Crippen LogP contribution < -0.4 is 0 Å². The van der Waals surface area contributed by atoms with Gasteiger partial charge in [-0.25, -0.2) is 0 Å². The molecular formula is C13H20O2. The number of epoxide rings is 1. The van der Waals surface area contributed by atoms with E-state index in [1.54, 1.807) is 0 Å². The number of carbonyl (C=O) groups excluding carboxylic acids is 1. The van der Waals surface area contributed by atoms with Gasteiger partial charge in [0.05, 0.1) is 6.10 Å². The lowest BCUT2D eigenvalue weighted by atomic mass is 9.45. The molecule has 4 fully saturated rings. The fourth-order valence-corrected chi connectivity index (χ4v) is 4.00. The predicted molar refractivity (Wildman–Crippen MR) is 57.5 cm³/mol. The fraction of sp³-hybridized carbons (Fsp3) is 0.923. The van der Waals surface area contributed by atoms with Gasteiger partial charge in [-0.3, -0.25) is 4.79 Å². The van der Waals surface area contributed by atoms with Crippen LogP contribution in [0.1, 0.15) is 46.5 Å². The summed E-state index contributed by atoms with van der Waals surface area (Å²) < 4.78 is 5.91. The Morgan fingerprint density at radius 3 is 2.73 bits per heavy atom. The zero-order valence-electron chi connectivity index (χ0n) is 9.88. The van der Waals surface area contributed by atoms with E-state index in [0.717, 1.165) is 5.92 Å². The van der Waals surface area contributed by atoms with Gasteiger partial charge in [-0.2, -0.15) is 0 Å². The molecule has 4 aliphatic rings. The summed E-state index contributed by atoms with van der Waals surface area (Å²) in [5, 5.41) is 0. The average molecular weight is 208 g/mol. The van der Waals surface area contributed by atoms with Crippen molar-refractivity contribution >= 4 is 5.78 Å². The molecule has 1 aliphatic heterocycles. The van der Waals surface area contributed by atoms with E-state index < -0.39 is 0 Å². The SMILES string of the molecule is CCC(=O)C[C@]12O[C@H]1C[C@H]1C[C@@H]2C1(C)C. The third-order valence-electron chi connectivity index (χ3n) is 5.28. The quantitative estimate of drug-likeness (QED) is 0.667. The largest absolute Gasteiger partial charge is 0.365 e. The van der Waals surface area contributed by atoms with Crippen LogP contribution in [0.15, 0.2) is 0 Å². The Hall–Kier alpha value is -0.370. The van der Waals surface area contributed by atoms with E-state index >= 15 is 0 Å². The lowest BCUT2D eigenvalue weighted by Gasteiger charge is -2.58. The first-order valence-corrected chi connectivity index (χ1v) is 6.20. The summed E-state index contributed by atoms with van der Waals surface area (Å²) in [4.78, 5) is 11.6. The standard InChI is InChI=1S/C13H20O2/c1-4-9(14)7-13-10-5-8(12(10,2)3)6-11(13)15-13/h8,10-11H,4-7H2,1-3H3/t8-,10-,11+,13-/m1/s1. The molecule has 1 heterocycles. The predicted octanol–water partition coefficient (Wildman–Crippen LogP) is 2.56. The van der Waals surface area contributed by atoms with Crippen molar-refractivity contribution in [2.75, 3.05) is 0 Å². The third kappa shape index (κ3) is 1.06. The highest BCUT2D eigenvalue weighted by atomic mass is 16.6. The van der Waals surface area contributed by atoms with E-state index in [9.17, 15) is 4.79 Å². The van der Waals surface area contributed by atoms with Crippen molar-refractivity contribution in [1.29, 1.82) is 0 Å². The van der Waals surface area contributed by atoms with Gasteiger partial charge in [0.1, 0.15) is 11.4 Å². The molecule has 2 nitrogen and oxygen atoms in total. The molecule has 0 aromatic rings. The Morgan fingerprint density at radius 2 is 2.13 bits per heavy atom. The van der Waals surface area contributed by atoms with Crippen molar-refractivity contribution in [3.63, 3.8) is 0 Å². The van der Waals surface area contributed by atoms with Crippen LogP contribution in [0.4, 0.5) is 0 Å². The van der Waals surface area contributed by atoms with Crippen LogP contribution in [0.3, 0.4) is 0 Å². The van der Waals surface area contributed by atoms with E-state index in [-0.39, 0.29) is 5.60 Å². The molecule has 4 rings (SSSR count). The summed E-state index contributed by atoms with van der Waals surface area (Å²) >= 11 is 0. The molecule has 3 aliphatic carbocycles. The number of rotatable bonds is 3. The van der Waals surface area contributed by atoms with Crippen LogP contribution in [0.2, 0.25) is 0 Å². The second-order valence-electron chi connectivity index (χ2n) is 6.17. The molecule has 0 aromatic carbocycles. The number of hydrogen-bond acceptors (Lipinski definition) is 2. The van der Waals surface area contributed by atoms with Gasteiger partial charge >= 0.3 is 0 Å². The van der Waals surface area contributed by atoms with Gasteiger partial charge in [-0.05, 0) is 30.1 Å². The molecule has 84 valence electrons. The van der Waals surface area contributed by atoms with E-state index in [1.165, 1.54) is 12.8 Å². The maximum atomic E-state index is 11.6. The summed E-state index contributed by atoms with van der Waals surface area (Å²) in [6.07, 6.45) is 4.24. The highest BCUT2D eigenvalue weighted by Gasteiger charge is 2.74. The zero-order valence-corrected chi connectivity index (χ0v) is 9.88. The second kappa shape index (κ2) is 2.65. The summed E-state index contributed by atoms with van der Waals surface area (Å²) in [5.41, 5.74) is 0.395. The molecule has 2 heteroatoms. The lowest BCUT2D eigenvalue weighted by molar-refractivity contribution is -0.126. The van der Waals surface area contributed by atoms with Crippen molar-refractivity contribution in [1.82, 2.24) is 0 Å². The van der Waals surface area contributed by atoms with Gasteiger partial charge in [-0.15, -0.1) is 0 Å². The van der Waals surface area contributed by atoms with Crippen molar-refractivity contribution in [2.45, 2.75) is 58.2 Å². The van der Waals surface area contributed by atoms with Crippen LogP contribution in [-0.4, -0.2) is 17.5 Å². The van der Waals surface area contributed by atoms with E-state index in [2.05, 4.69) is 13.8 Å². The van der Waals surface area contributed by atoms with Gasteiger partial charge in [0.25, 0.3) is 0 Å². The Kier molecular flexibility index (Phi) is 1.74. The molecular weight excluding hydrogens is 188 g/mol. The summed E-state index contributed by atoms with van der Waals surface area (Å²) in [7, 11) is 0. The van der Waals surface area contributed by atoms with Crippen LogP contribution in [0.25, 0.3) is 0 Å². The molecule has 4 atom stereocenters. The van der Waals surface area contributed by atoms with Crippen molar-refractivity contribution in [3.8, 4) is 0 Å². The lowest BCUT2D eigenvalue weighted by Crippen LogP contribution is -2.57. The zero-order chi connectivity index (χ0) is 10.8. The minimum absolute atomic E-state index is 0.0225. The van der Waals surface area contributed by atoms with Crippen molar-refractivity contribution in [3.05, 3.63) is 0 Å². The van der Waals surface area contributed by atoms with Crippen LogP contribution in [0, 0.1) is 17.3 Å². The molecule has 15 heavy (non-hydrogen) atoms. The van der Waals surface area contributed by atoms with Gasteiger partial charge in [0.15, 0.2) is 0 Å². The molecule has 2 bridgehead atoms. The summed E-state index contributed by atoms with van der Waals surface area (Å²) in [6, 6.07) is 0. The number of carbonyl (C=O) groups is 1. The fourth-order valence-electron chi connectivity index (χ4n) is 4.00. The van der Waals surface area contributed by atoms with Gasteiger partial charge < -0.3 is 4.74 Å². The highest BCUT2D eigenvalue weighted by molar-refractivity contribution is 5.80. The third-order valence-corrected chi connectivity index (χ3v) is 5.28. The Morgan fingerprint density at radius 1 is 1.40 bits per heavy atom. The molecule has 0 N–H and O–H groups in total. The van der Waals surface area contributed by atoms with Crippen LogP contribution >= 0.6 is 0 Å². The Bertz CT molecular complexity index is 320. The van der Waals surface area contributed by atoms with E-state index in [1.807, 2.05) is 6.92 Å². The maximum Gasteiger partial charge on any atom is 0.135 e. The van der Waals surface area contributed by atoms with Gasteiger partial charge in [0.2, 0.25) is 0 Å². The first-order valence-electron chi connectivity index (χ1n) is 6.20. The maximum absolute atomic E-state index is 11.6. The molecule has 0 aromatic heterocycles. The molecule has 3 saturated carbocycles. The van der Waals surface area contributed by atoms with Gasteiger partial charge in [-0.1, -0.05) is 20.8 Å². The number of Topliss-reactive ketones (excluding diaryl/α,β-unsaturated/α-hetero) is 1. The average Bonchev–Trinajstić information content (AvgIpc) is 2.90. The molecule has 0 radical (unpaired) electrons. The van der Waals surface area contributed by atoms with Gasteiger partial charge in [0, 0.05) is 12.8 Å². The van der Waals surface area contributed by atoms with Crippen molar-refractivity contribution < 1.29 is 9.53 Å². The van der Waals surface area contributed by atoms with E-state index in [4.69, 9.17) is 4.74 Å².